The molecule has 4 heteroatoms. The molecule has 2 aromatic rings. The number of imidazole rings is 1. The zero-order valence-electron chi connectivity index (χ0n) is 10.3. The van der Waals surface area contributed by atoms with Crippen LogP contribution in [0.5, 0.6) is 0 Å². The number of hydrogen-bond acceptors (Lipinski definition) is 2. The fourth-order valence-corrected chi connectivity index (χ4v) is 1.75. The van der Waals surface area contributed by atoms with E-state index >= 15 is 0 Å². The summed E-state index contributed by atoms with van der Waals surface area (Å²) in [5.74, 6) is -0.0618. The average molecular weight is 242 g/mol. The Kier molecular flexibility index (Phi) is 3.28. The van der Waals surface area contributed by atoms with Crippen LogP contribution >= 0.6 is 0 Å². The third-order valence-electron chi connectivity index (χ3n) is 2.64. The first kappa shape index (κ1) is 12.1. The van der Waals surface area contributed by atoms with Gasteiger partial charge < -0.3 is 10.1 Å². The van der Waals surface area contributed by atoms with Gasteiger partial charge in [0, 0.05) is 6.08 Å². The number of carbonyl (C=O) groups is 1. The first-order valence-corrected chi connectivity index (χ1v) is 5.61. The molecular formula is C14H14N2O2. The molecule has 0 fully saturated rings. The molecule has 18 heavy (non-hydrogen) atoms. The number of fused-ring (bicyclic) bond motifs is 1. The Labute approximate surface area is 105 Å². The predicted molar refractivity (Wildman–Crippen MR) is 71.3 cm³/mol. The van der Waals surface area contributed by atoms with Crippen molar-refractivity contribution >= 4 is 22.6 Å². The first-order chi connectivity index (χ1) is 8.56. The minimum absolute atomic E-state index is 0.884. The number of nitrogens with one attached hydrogen (secondary N) is 1. The highest BCUT2D eigenvalue weighted by molar-refractivity contribution is 5.82. The number of aromatic nitrogens is 2. The monoisotopic (exact) mass is 242 g/mol. The number of carboxylic acid groups (broad SMARTS) is 1. The molecule has 1 aromatic carbocycles. The number of benzene rings is 1. The average Bonchev–Trinajstić information content (AvgIpc) is 2.67. The van der Waals surface area contributed by atoms with Crippen LogP contribution < -0.4 is 0 Å². The first-order valence-electron chi connectivity index (χ1n) is 5.61. The molecule has 0 bridgehead atoms. The van der Waals surface area contributed by atoms with Crippen molar-refractivity contribution in [2.45, 2.75) is 13.8 Å². The Morgan fingerprint density at radius 3 is 2.94 bits per heavy atom. The molecule has 92 valence electrons. The number of aliphatic carboxylic acids is 1. The van der Waals surface area contributed by atoms with Crippen LogP contribution in [0, 0.1) is 6.92 Å². The van der Waals surface area contributed by atoms with Gasteiger partial charge in [-0.15, -0.1) is 0 Å². The summed E-state index contributed by atoms with van der Waals surface area (Å²) in [6, 6.07) is 5.94. The highest BCUT2D eigenvalue weighted by Crippen LogP contribution is 2.19. The summed E-state index contributed by atoms with van der Waals surface area (Å²) in [6.45, 7) is 3.86. The van der Waals surface area contributed by atoms with Crippen LogP contribution in [-0.2, 0) is 4.79 Å². The van der Waals surface area contributed by atoms with Crippen LogP contribution in [0.1, 0.15) is 18.3 Å². The van der Waals surface area contributed by atoms with Crippen molar-refractivity contribution in [3.63, 3.8) is 0 Å². The Morgan fingerprint density at radius 2 is 2.22 bits per heavy atom. The molecule has 0 amide bonds. The van der Waals surface area contributed by atoms with E-state index in [9.17, 15) is 4.79 Å². The Balaban J connectivity index is 2.32. The molecule has 0 radical (unpaired) electrons. The SMILES string of the molecule is C/C(=C\C=C\C(=O)O)c1ccc2nc(C)[nH]c2c1. The number of aryl methyl sites for hydroxylation is 1. The summed E-state index contributed by atoms with van der Waals surface area (Å²) < 4.78 is 0. The number of aromatic amines is 1. The zero-order chi connectivity index (χ0) is 13.1. The van der Waals surface area contributed by atoms with E-state index in [4.69, 9.17) is 5.11 Å². The van der Waals surface area contributed by atoms with E-state index in [1.54, 1.807) is 6.08 Å². The lowest BCUT2D eigenvalue weighted by Crippen LogP contribution is -1.85. The summed E-state index contributed by atoms with van der Waals surface area (Å²) in [4.78, 5) is 17.9. The largest absolute Gasteiger partial charge is 0.478 e. The molecule has 1 aromatic heterocycles. The van der Waals surface area contributed by atoms with Crippen molar-refractivity contribution in [1.82, 2.24) is 9.97 Å². The summed E-state index contributed by atoms with van der Waals surface area (Å²) in [6.07, 6.45) is 4.42. The van der Waals surface area contributed by atoms with Gasteiger partial charge in [-0.25, -0.2) is 9.78 Å². The van der Waals surface area contributed by atoms with E-state index in [1.807, 2.05) is 32.0 Å². The van der Waals surface area contributed by atoms with Gasteiger partial charge in [0.1, 0.15) is 5.82 Å². The molecular weight excluding hydrogens is 228 g/mol. The fourth-order valence-electron chi connectivity index (χ4n) is 1.75. The quantitative estimate of drug-likeness (QED) is 0.642. The van der Waals surface area contributed by atoms with Gasteiger partial charge in [0.05, 0.1) is 11.0 Å². The van der Waals surface area contributed by atoms with Crippen molar-refractivity contribution in [2.24, 2.45) is 0 Å². The summed E-state index contributed by atoms with van der Waals surface area (Å²) in [5.41, 5.74) is 3.97. The van der Waals surface area contributed by atoms with E-state index in [2.05, 4.69) is 9.97 Å². The molecule has 0 aliphatic heterocycles. The van der Waals surface area contributed by atoms with E-state index in [0.29, 0.717) is 0 Å². The highest BCUT2D eigenvalue weighted by atomic mass is 16.4. The van der Waals surface area contributed by atoms with Gasteiger partial charge in [-0.2, -0.15) is 0 Å². The smallest absolute Gasteiger partial charge is 0.328 e. The van der Waals surface area contributed by atoms with Crippen LogP contribution in [0.4, 0.5) is 0 Å². The Morgan fingerprint density at radius 1 is 1.44 bits per heavy atom. The maximum Gasteiger partial charge on any atom is 0.328 e. The minimum Gasteiger partial charge on any atom is -0.478 e. The van der Waals surface area contributed by atoms with Crippen LogP contribution in [0.15, 0.2) is 36.4 Å². The normalized spacial score (nSPS) is 12.4. The van der Waals surface area contributed by atoms with Gasteiger partial charge in [-0.05, 0) is 37.1 Å². The number of rotatable bonds is 3. The second-order valence-corrected chi connectivity index (χ2v) is 4.10. The third-order valence-corrected chi connectivity index (χ3v) is 2.64. The lowest BCUT2D eigenvalue weighted by molar-refractivity contribution is -0.131. The number of carboxylic acids is 1. The van der Waals surface area contributed by atoms with Crippen molar-refractivity contribution in [3.05, 3.63) is 47.8 Å². The Hall–Kier alpha value is -2.36. The third kappa shape index (κ3) is 2.66. The molecule has 0 atom stereocenters. The summed E-state index contributed by atoms with van der Waals surface area (Å²) in [7, 11) is 0. The van der Waals surface area contributed by atoms with Crippen LogP contribution in [0.2, 0.25) is 0 Å². The van der Waals surface area contributed by atoms with Crippen LogP contribution in [0.3, 0.4) is 0 Å². The van der Waals surface area contributed by atoms with E-state index in [0.717, 1.165) is 34.1 Å². The van der Waals surface area contributed by atoms with Gasteiger partial charge in [-0.1, -0.05) is 18.2 Å². The van der Waals surface area contributed by atoms with Gasteiger partial charge in [0.15, 0.2) is 0 Å². The van der Waals surface area contributed by atoms with E-state index < -0.39 is 5.97 Å². The molecule has 0 aliphatic rings. The summed E-state index contributed by atoms with van der Waals surface area (Å²) >= 11 is 0. The minimum atomic E-state index is -0.946. The number of H-pyrrole nitrogens is 1. The standard InChI is InChI=1S/C14H14N2O2/c1-9(4-3-5-14(17)18)11-6-7-12-13(8-11)16-10(2)15-12/h3-8H,1-2H3,(H,15,16)(H,17,18)/b5-3+,9-4+. The molecule has 4 nitrogen and oxygen atoms in total. The second kappa shape index (κ2) is 4.87. The molecule has 2 N–H and O–H groups in total. The maximum atomic E-state index is 10.4. The lowest BCUT2D eigenvalue weighted by Gasteiger charge is -2.00. The molecule has 2 rings (SSSR count). The fraction of sp³-hybridized carbons (Fsp3) is 0.143. The topological polar surface area (TPSA) is 66.0 Å². The second-order valence-electron chi connectivity index (χ2n) is 4.10. The molecule has 0 saturated carbocycles. The zero-order valence-corrected chi connectivity index (χ0v) is 10.3. The van der Waals surface area contributed by atoms with Crippen molar-refractivity contribution in [1.29, 1.82) is 0 Å². The highest BCUT2D eigenvalue weighted by Gasteiger charge is 2.01. The maximum absolute atomic E-state index is 10.4. The lowest BCUT2D eigenvalue weighted by atomic mass is 10.1. The van der Waals surface area contributed by atoms with Gasteiger partial charge >= 0.3 is 5.97 Å². The van der Waals surface area contributed by atoms with E-state index in [-0.39, 0.29) is 0 Å². The number of nitrogens with zero attached hydrogens (tertiary/aromatic N) is 1. The molecule has 1 heterocycles. The van der Waals surface area contributed by atoms with Crippen molar-refractivity contribution in [3.8, 4) is 0 Å². The Bertz CT molecular complexity index is 651. The molecule has 0 saturated heterocycles. The number of allylic oxidation sites excluding steroid dienone is 3. The predicted octanol–water partition coefficient (Wildman–Crippen LogP) is 2.92. The molecule has 0 unspecified atom stereocenters. The molecule has 0 spiro atoms. The summed E-state index contributed by atoms with van der Waals surface area (Å²) in [5, 5.41) is 8.51. The van der Waals surface area contributed by atoms with Crippen molar-refractivity contribution < 1.29 is 9.90 Å². The van der Waals surface area contributed by atoms with Gasteiger partial charge in [0.2, 0.25) is 0 Å². The van der Waals surface area contributed by atoms with Crippen LogP contribution in [-0.4, -0.2) is 21.0 Å². The number of hydrogen-bond donors (Lipinski definition) is 2. The van der Waals surface area contributed by atoms with Gasteiger partial charge in [-0.3, -0.25) is 0 Å². The van der Waals surface area contributed by atoms with Gasteiger partial charge in [0.25, 0.3) is 0 Å². The van der Waals surface area contributed by atoms with Crippen LogP contribution in [0.25, 0.3) is 16.6 Å². The van der Waals surface area contributed by atoms with Crippen molar-refractivity contribution in [2.75, 3.05) is 0 Å². The molecule has 0 aliphatic carbocycles. The van der Waals surface area contributed by atoms with E-state index in [1.165, 1.54) is 6.08 Å².